The average Bonchev–Trinajstić information content (AvgIpc) is 3.22. The summed E-state index contributed by atoms with van der Waals surface area (Å²) in [6.07, 6.45) is -0.961. The quantitative estimate of drug-likeness (QED) is 0.506. The van der Waals surface area contributed by atoms with Gasteiger partial charge in [0.05, 0.1) is 62.0 Å². The summed E-state index contributed by atoms with van der Waals surface area (Å²) in [5.41, 5.74) is 2.24. The second kappa shape index (κ2) is 12.5. The Labute approximate surface area is 207 Å². The molecule has 0 bridgehead atoms. The molecular formula is C22H27Cl2FN4O5. The summed E-state index contributed by atoms with van der Waals surface area (Å²) in [7, 11) is 4.41. The number of anilines is 1. The molecule has 1 N–H and O–H groups in total. The Kier molecular flexibility index (Phi) is 9.66. The summed E-state index contributed by atoms with van der Waals surface area (Å²) in [6.45, 7) is 0.138. The van der Waals surface area contributed by atoms with Crippen molar-refractivity contribution in [3.05, 3.63) is 39.6 Å². The van der Waals surface area contributed by atoms with Crippen LogP contribution in [0.3, 0.4) is 0 Å². The molecule has 2 atom stereocenters. The number of hydrogen-bond donors (Lipinski definition) is 1. The van der Waals surface area contributed by atoms with E-state index in [0.717, 1.165) is 0 Å². The van der Waals surface area contributed by atoms with E-state index in [1.807, 2.05) is 0 Å². The van der Waals surface area contributed by atoms with Crippen molar-refractivity contribution in [1.82, 2.24) is 14.9 Å². The number of carbonyl (C=O) groups excluding carboxylic acids is 1. The lowest BCUT2D eigenvalue weighted by Gasteiger charge is -2.22. The van der Waals surface area contributed by atoms with Crippen LogP contribution < -0.4 is 5.32 Å². The molecule has 1 amide bonds. The van der Waals surface area contributed by atoms with Crippen LogP contribution in [0.4, 0.5) is 15.0 Å². The first-order chi connectivity index (χ1) is 16.4. The first-order valence-electron chi connectivity index (χ1n) is 10.5. The maximum absolute atomic E-state index is 12.8. The summed E-state index contributed by atoms with van der Waals surface area (Å²) in [5, 5.41) is 4.23. The number of nitrogens with one attached hydrogen (secondary N) is 1. The minimum Gasteiger partial charge on any atom is -0.453 e. The second-order valence-corrected chi connectivity index (χ2v) is 8.37. The standard InChI is InChI=1S/C22H27Cl2FN4O5/c1-31-11-17-20(14-5-4-13(23)8-15(14)24)26-18(12-32-2)21(28-17)27-16-9-29(22(30)33-3)10-19(16)34-7-6-25/h4-5,8,16,19H,6-7,9-12H2,1-3H3,(H,27,28). The van der Waals surface area contributed by atoms with Crippen LogP contribution >= 0.6 is 23.2 Å². The van der Waals surface area contributed by atoms with E-state index in [-0.39, 0.29) is 39.0 Å². The normalized spacial score (nSPS) is 17.8. The van der Waals surface area contributed by atoms with E-state index < -0.39 is 18.9 Å². The number of ether oxygens (including phenoxy) is 4. The van der Waals surface area contributed by atoms with Crippen LogP contribution in [-0.2, 0) is 32.2 Å². The van der Waals surface area contributed by atoms with Crippen LogP contribution in [0.5, 0.6) is 0 Å². The molecule has 9 nitrogen and oxygen atoms in total. The maximum Gasteiger partial charge on any atom is 0.409 e. The Bertz CT molecular complexity index is 1000. The van der Waals surface area contributed by atoms with E-state index >= 15 is 0 Å². The number of nitrogens with zero attached hydrogens (tertiary/aromatic N) is 3. The van der Waals surface area contributed by atoms with Gasteiger partial charge in [0.25, 0.3) is 0 Å². The Balaban J connectivity index is 1.99. The molecule has 34 heavy (non-hydrogen) atoms. The minimum absolute atomic E-state index is 0.0859. The van der Waals surface area contributed by atoms with E-state index in [1.165, 1.54) is 12.0 Å². The summed E-state index contributed by atoms with van der Waals surface area (Å²) in [4.78, 5) is 23.1. The van der Waals surface area contributed by atoms with Gasteiger partial charge >= 0.3 is 6.09 Å². The highest BCUT2D eigenvalue weighted by molar-refractivity contribution is 6.36. The van der Waals surface area contributed by atoms with Crippen LogP contribution in [-0.4, -0.2) is 80.8 Å². The zero-order chi connectivity index (χ0) is 24.7. The van der Waals surface area contributed by atoms with Crippen LogP contribution in [0.25, 0.3) is 11.3 Å². The summed E-state index contributed by atoms with van der Waals surface area (Å²) in [6, 6.07) is 4.74. The topological polar surface area (TPSA) is 95.0 Å². The van der Waals surface area contributed by atoms with Gasteiger partial charge in [-0.1, -0.05) is 23.2 Å². The molecule has 1 aliphatic rings. The number of halogens is 3. The highest BCUT2D eigenvalue weighted by atomic mass is 35.5. The van der Waals surface area contributed by atoms with Crippen LogP contribution in [0.15, 0.2) is 18.2 Å². The van der Waals surface area contributed by atoms with Crippen LogP contribution in [0.1, 0.15) is 11.4 Å². The fraction of sp³-hybridized carbons (Fsp3) is 0.500. The first-order valence-corrected chi connectivity index (χ1v) is 11.3. The lowest BCUT2D eigenvalue weighted by molar-refractivity contribution is 0.0443. The van der Waals surface area contributed by atoms with E-state index in [0.29, 0.717) is 38.5 Å². The molecule has 0 aliphatic carbocycles. The zero-order valence-electron chi connectivity index (χ0n) is 19.1. The SMILES string of the molecule is COCc1nc(-c2ccc(Cl)cc2Cl)c(COC)nc1NC1CN(C(=O)OC)CC1OCCF. The molecule has 1 aromatic carbocycles. The monoisotopic (exact) mass is 516 g/mol. The highest BCUT2D eigenvalue weighted by Crippen LogP contribution is 2.33. The number of likely N-dealkylation sites (tertiary alicyclic amines) is 1. The van der Waals surface area contributed by atoms with Gasteiger partial charge in [-0.3, -0.25) is 0 Å². The number of aromatic nitrogens is 2. The van der Waals surface area contributed by atoms with Gasteiger partial charge in [0.1, 0.15) is 12.4 Å². The largest absolute Gasteiger partial charge is 0.453 e. The number of amides is 1. The smallest absolute Gasteiger partial charge is 0.409 e. The van der Waals surface area contributed by atoms with E-state index in [1.54, 1.807) is 32.4 Å². The molecule has 1 aliphatic heterocycles. The predicted molar refractivity (Wildman–Crippen MR) is 126 cm³/mol. The van der Waals surface area contributed by atoms with Gasteiger partial charge in [0.2, 0.25) is 0 Å². The average molecular weight is 517 g/mol. The van der Waals surface area contributed by atoms with Crippen molar-refractivity contribution < 1.29 is 28.1 Å². The molecule has 2 unspecified atom stereocenters. The Morgan fingerprint density at radius 2 is 1.88 bits per heavy atom. The third-order valence-electron chi connectivity index (χ3n) is 5.22. The van der Waals surface area contributed by atoms with Gasteiger partial charge in [-0.2, -0.15) is 0 Å². The molecule has 0 radical (unpaired) electrons. The molecule has 186 valence electrons. The lowest BCUT2D eigenvalue weighted by Crippen LogP contribution is -2.36. The molecule has 0 spiro atoms. The van der Waals surface area contributed by atoms with Gasteiger partial charge in [-0.25, -0.2) is 19.2 Å². The third-order valence-corrected chi connectivity index (χ3v) is 5.77. The number of carbonyl (C=O) groups is 1. The molecule has 2 heterocycles. The van der Waals surface area contributed by atoms with Gasteiger partial charge in [0.15, 0.2) is 5.82 Å². The number of methoxy groups -OCH3 is 3. The molecule has 3 rings (SSSR count). The Morgan fingerprint density at radius 1 is 1.15 bits per heavy atom. The van der Waals surface area contributed by atoms with Crippen molar-refractivity contribution in [3.8, 4) is 11.3 Å². The molecule has 1 saturated heterocycles. The Morgan fingerprint density at radius 3 is 2.53 bits per heavy atom. The van der Waals surface area contributed by atoms with Crippen molar-refractivity contribution in [2.24, 2.45) is 0 Å². The van der Waals surface area contributed by atoms with Gasteiger partial charge in [0, 0.05) is 31.4 Å². The minimum atomic E-state index is -0.634. The lowest BCUT2D eigenvalue weighted by atomic mass is 10.1. The van der Waals surface area contributed by atoms with Crippen LogP contribution in [0.2, 0.25) is 10.0 Å². The fourth-order valence-corrected chi connectivity index (χ4v) is 4.22. The molecule has 2 aromatic rings. The number of benzene rings is 1. The fourth-order valence-electron chi connectivity index (χ4n) is 3.72. The van der Waals surface area contributed by atoms with Crippen molar-refractivity contribution in [3.63, 3.8) is 0 Å². The van der Waals surface area contributed by atoms with E-state index in [4.69, 9.17) is 52.1 Å². The number of rotatable bonds is 10. The first kappa shape index (κ1) is 26.4. The number of alkyl halides is 1. The summed E-state index contributed by atoms with van der Waals surface area (Å²) in [5.74, 6) is 0.438. The van der Waals surface area contributed by atoms with Gasteiger partial charge in [-0.15, -0.1) is 0 Å². The molecule has 1 fully saturated rings. The zero-order valence-corrected chi connectivity index (χ0v) is 20.7. The second-order valence-electron chi connectivity index (χ2n) is 7.53. The van der Waals surface area contributed by atoms with Gasteiger partial charge < -0.3 is 29.2 Å². The molecule has 12 heteroatoms. The van der Waals surface area contributed by atoms with Crippen molar-refractivity contribution >= 4 is 35.1 Å². The molecule has 1 aromatic heterocycles. The van der Waals surface area contributed by atoms with Crippen molar-refractivity contribution in [2.75, 3.05) is 53.0 Å². The third kappa shape index (κ3) is 6.25. The molecular weight excluding hydrogens is 490 g/mol. The summed E-state index contributed by atoms with van der Waals surface area (Å²) >= 11 is 12.5. The summed E-state index contributed by atoms with van der Waals surface area (Å²) < 4.78 is 33.9. The molecule has 0 saturated carbocycles. The maximum atomic E-state index is 12.8. The van der Waals surface area contributed by atoms with Crippen LogP contribution in [0, 0.1) is 0 Å². The van der Waals surface area contributed by atoms with Crippen molar-refractivity contribution in [2.45, 2.75) is 25.4 Å². The Hall–Kier alpha value is -2.24. The van der Waals surface area contributed by atoms with E-state index in [2.05, 4.69) is 5.32 Å². The van der Waals surface area contributed by atoms with Gasteiger partial charge in [-0.05, 0) is 18.2 Å². The van der Waals surface area contributed by atoms with Crippen molar-refractivity contribution in [1.29, 1.82) is 0 Å². The highest BCUT2D eigenvalue weighted by Gasteiger charge is 2.37. The number of hydrogen-bond acceptors (Lipinski definition) is 8. The van der Waals surface area contributed by atoms with E-state index in [9.17, 15) is 9.18 Å². The predicted octanol–water partition coefficient (Wildman–Crippen LogP) is 3.96.